The zero-order chi connectivity index (χ0) is 24.5. The van der Waals surface area contributed by atoms with Crippen LogP contribution in [-0.4, -0.2) is 69.5 Å². The fourth-order valence-electron chi connectivity index (χ4n) is 4.75. The summed E-state index contributed by atoms with van der Waals surface area (Å²) in [5.74, 6) is 0.452. The van der Waals surface area contributed by atoms with Crippen LogP contribution in [0.3, 0.4) is 0 Å². The number of rotatable bonds is 8. The molecule has 0 bridgehead atoms. The van der Waals surface area contributed by atoms with E-state index in [9.17, 15) is 15.3 Å². The quantitative estimate of drug-likeness (QED) is 0.250. The molecule has 5 rings (SSSR count). The number of benzene rings is 1. The van der Waals surface area contributed by atoms with Crippen molar-refractivity contribution in [1.29, 1.82) is 0 Å². The van der Waals surface area contributed by atoms with E-state index in [4.69, 9.17) is 5.73 Å². The van der Waals surface area contributed by atoms with Gasteiger partial charge in [-0.1, -0.05) is 37.3 Å². The van der Waals surface area contributed by atoms with Gasteiger partial charge in [0.1, 0.15) is 17.7 Å². The Morgan fingerprint density at radius 3 is 2.60 bits per heavy atom. The van der Waals surface area contributed by atoms with Crippen molar-refractivity contribution in [2.45, 2.75) is 56.5 Å². The third kappa shape index (κ3) is 4.45. The number of aryl methyl sites for hydroxylation is 1. The van der Waals surface area contributed by atoms with E-state index in [1.807, 2.05) is 43.5 Å². The molecule has 0 saturated heterocycles. The minimum absolute atomic E-state index is 0.117. The van der Waals surface area contributed by atoms with E-state index in [1.54, 1.807) is 21.8 Å². The summed E-state index contributed by atoms with van der Waals surface area (Å²) in [7, 11) is 0. The molecule has 1 aliphatic carbocycles. The third-order valence-electron chi connectivity index (χ3n) is 6.71. The molecule has 1 fully saturated rings. The second-order valence-corrected chi connectivity index (χ2v) is 9.00. The lowest BCUT2D eigenvalue weighted by molar-refractivity contribution is 0.00721. The maximum absolute atomic E-state index is 10.9. The minimum atomic E-state index is -1.04. The number of hydrogen-bond donors (Lipinski definition) is 5. The lowest BCUT2D eigenvalue weighted by Gasteiger charge is -2.19. The summed E-state index contributed by atoms with van der Waals surface area (Å²) < 4.78 is 3.46. The monoisotopic (exact) mass is 478 g/mol. The third-order valence-corrected chi connectivity index (χ3v) is 6.71. The van der Waals surface area contributed by atoms with Crippen LogP contribution in [-0.2, 0) is 12.8 Å². The normalized spacial score (nSPS) is 23.1. The van der Waals surface area contributed by atoms with Crippen LogP contribution in [0, 0.1) is 0 Å². The lowest BCUT2D eigenvalue weighted by atomic mass is 10.1. The highest BCUT2D eigenvalue weighted by Gasteiger charge is 2.44. The molecule has 11 heteroatoms. The van der Waals surface area contributed by atoms with E-state index in [1.165, 1.54) is 0 Å². The standard InChI is InChI=1S/C24H30N8O3/c1-2-14-10-27-32(11-14)18-9-17(20(34)21(18)35)31-13-26-19-22(25)29-24(30-23(19)31)28-16(12-33)8-15-6-4-3-5-7-15/h3-7,10-11,13,16-18,20-21,33-35H,2,8-9,12H2,1H3,(H3,25,28,29,30)/t16-,17?,18-,20?,21?/m0/s1. The van der Waals surface area contributed by atoms with Gasteiger partial charge in [0.25, 0.3) is 0 Å². The number of nitrogens with zero attached hydrogens (tertiary/aromatic N) is 6. The van der Waals surface area contributed by atoms with Crippen LogP contribution in [0.25, 0.3) is 11.2 Å². The van der Waals surface area contributed by atoms with Crippen molar-refractivity contribution in [3.8, 4) is 0 Å². The first-order chi connectivity index (χ1) is 17.0. The Morgan fingerprint density at radius 2 is 1.89 bits per heavy atom. The van der Waals surface area contributed by atoms with Crippen LogP contribution in [0.5, 0.6) is 0 Å². The number of nitrogen functional groups attached to an aromatic ring is 1. The van der Waals surface area contributed by atoms with Crippen LogP contribution in [0.2, 0.25) is 0 Å². The van der Waals surface area contributed by atoms with Crippen molar-refractivity contribution in [3.05, 3.63) is 60.2 Å². The van der Waals surface area contributed by atoms with Crippen LogP contribution in [0.15, 0.2) is 49.1 Å². The Bertz CT molecular complexity index is 1290. The molecule has 1 saturated carbocycles. The Morgan fingerprint density at radius 1 is 1.11 bits per heavy atom. The topological polar surface area (TPSA) is 160 Å². The fraction of sp³-hybridized carbons (Fsp3) is 0.417. The zero-order valence-corrected chi connectivity index (χ0v) is 19.4. The molecule has 1 aliphatic rings. The predicted octanol–water partition coefficient (Wildman–Crippen LogP) is 1.09. The molecule has 35 heavy (non-hydrogen) atoms. The average Bonchev–Trinajstić information content (AvgIpc) is 3.58. The summed E-state index contributed by atoms with van der Waals surface area (Å²) in [5, 5.41) is 39.1. The molecule has 3 aromatic heterocycles. The summed E-state index contributed by atoms with van der Waals surface area (Å²) in [6.45, 7) is 1.92. The van der Waals surface area contributed by atoms with E-state index in [-0.39, 0.29) is 30.5 Å². The number of aliphatic hydroxyl groups is 3. The largest absolute Gasteiger partial charge is 0.394 e. The van der Waals surface area contributed by atoms with Crippen molar-refractivity contribution in [2.24, 2.45) is 0 Å². The molecular formula is C24H30N8O3. The molecule has 1 aromatic carbocycles. The van der Waals surface area contributed by atoms with Crippen molar-refractivity contribution in [2.75, 3.05) is 17.7 Å². The number of anilines is 2. The summed E-state index contributed by atoms with van der Waals surface area (Å²) >= 11 is 0. The molecule has 0 spiro atoms. The second-order valence-electron chi connectivity index (χ2n) is 9.00. The highest BCUT2D eigenvalue weighted by molar-refractivity contribution is 5.83. The SMILES string of the molecule is CCc1cnn([C@H]2CC(n3cnc4c(N)nc(N[C@H](CO)Cc5ccccc5)nc43)C(O)C2O)c1. The number of hydrogen-bond acceptors (Lipinski definition) is 9. The van der Waals surface area contributed by atoms with Crippen LogP contribution in [0.1, 0.15) is 36.6 Å². The molecule has 3 unspecified atom stereocenters. The van der Waals surface area contributed by atoms with Gasteiger partial charge >= 0.3 is 0 Å². The molecule has 3 heterocycles. The molecule has 11 nitrogen and oxygen atoms in total. The number of aromatic nitrogens is 6. The van der Waals surface area contributed by atoms with Gasteiger partial charge in [0.2, 0.25) is 5.95 Å². The first-order valence-electron chi connectivity index (χ1n) is 11.8. The molecular weight excluding hydrogens is 448 g/mol. The molecule has 184 valence electrons. The van der Waals surface area contributed by atoms with E-state index >= 15 is 0 Å². The summed E-state index contributed by atoms with van der Waals surface area (Å²) in [5.41, 5.74) is 9.17. The minimum Gasteiger partial charge on any atom is -0.394 e. The van der Waals surface area contributed by atoms with Crippen molar-refractivity contribution < 1.29 is 15.3 Å². The molecule has 5 atom stereocenters. The molecule has 0 aliphatic heterocycles. The average molecular weight is 479 g/mol. The summed E-state index contributed by atoms with van der Waals surface area (Å²) in [6.07, 6.45) is 5.07. The number of nitrogens with one attached hydrogen (secondary N) is 1. The van der Waals surface area contributed by atoms with Crippen molar-refractivity contribution in [1.82, 2.24) is 29.3 Å². The van der Waals surface area contributed by atoms with E-state index < -0.39 is 18.2 Å². The maximum Gasteiger partial charge on any atom is 0.227 e. The van der Waals surface area contributed by atoms with Crippen LogP contribution in [0.4, 0.5) is 11.8 Å². The Hall–Kier alpha value is -3.54. The summed E-state index contributed by atoms with van der Waals surface area (Å²) in [6, 6.07) is 8.64. The zero-order valence-electron chi connectivity index (χ0n) is 19.4. The van der Waals surface area contributed by atoms with E-state index in [2.05, 4.69) is 25.4 Å². The smallest absolute Gasteiger partial charge is 0.227 e. The molecule has 6 N–H and O–H groups in total. The van der Waals surface area contributed by atoms with Gasteiger partial charge in [-0.15, -0.1) is 0 Å². The van der Waals surface area contributed by atoms with Crippen LogP contribution >= 0.6 is 0 Å². The Balaban J connectivity index is 1.42. The van der Waals surface area contributed by atoms with Crippen molar-refractivity contribution >= 4 is 22.9 Å². The number of nitrogens with two attached hydrogens (primary N) is 1. The van der Waals surface area contributed by atoms with Gasteiger partial charge in [-0.3, -0.25) is 4.68 Å². The van der Waals surface area contributed by atoms with Gasteiger partial charge in [-0.25, -0.2) is 4.98 Å². The van der Waals surface area contributed by atoms with Gasteiger partial charge in [-0.2, -0.15) is 15.1 Å². The number of aliphatic hydroxyl groups excluding tert-OH is 3. The predicted molar refractivity (Wildman–Crippen MR) is 131 cm³/mol. The Labute approximate surface area is 202 Å². The lowest BCUT2D eigenvalue weighted by Crippen LogP contribution is -2.30. The van der Waals surface area contributed by atoms with Gasteiger partial charge in [0.05, 0.1) is 37.3 Å². The molecule has 0 amide bonds. The van der Waals surface area contributed by atoms with Gasteiger partial charge in [0.15, 0.2) is 11.5 Å². The van der Waals surface area contributed by atoms with Gasteiger partial charge < -0.3 is 30.9 Å². The summed E-state index contributed by atoms with van der Waals surface area (Å²) in [4.78, 5) is 13.3. The van der Waals surface area contributed by atoms with Crippen molar-refractivity contribution in [3.63, 3.8) is 0 Å². The van der Waals surface area contributed by atoms with Gasteiger partial charge in [-0.05, 0) is 30.4 Å². The fourth-order valence-corrected chi connectivity index (χ4v) is 4.75. The van der Waals surface area contributed by atoms with Gasteiger partial charge in [0, 0.05) is 6.20 Å². The Kier molecular flexibility index (Phi) is 6.37. The highest BCUT2D eigenvalue weighted by Crippen LogP contribution is 2.39. The first kappa shape index (κ1) is 23.2. The maximum atomic E-state index is 10.9. The van der Waals surface area contributed by atoms with E-state index in [0.717, 1.165) is 17.5 Å². The van der Waals surface area contributed by atoms with E-state index in [0.29, 0.717) is 24.0 Å². The molecule has 0 radical (unpaired) electrons. The number of fused-ring (bicyclic) bond motifs is 1. The second kappa shape index (κ2) is 9.61. The number of imidazole rings is 1. The van der Waals surface area contributed by atoms with Crippen LogP contribution < -0.4 is 11.1 Å². The molecule has 4 aromatic rings. The first-order valence-corrected chi connectivity index (χ1v) is 11.8. The highest BCUT2D eigenvalue weighted by atomic mass is 16.3.